The number of aromatic nitrogens is 2. The zero-order valence-corrected chi connectivity index (χ0v) is 21.1. The Balaban J connectivity index is 0.000000307. The van der Waals surface area contributed by atoms with Crippen molar-refractivity contribution in [1.29, 1.82) is 0 Å². The van der Waals surface area contributed by atoms with Gasteiger partial charge >= 0.3 is 11.9 Å². The smallest absolute Gasteiger partial charge is 0.354 e. The number of nitrogens with two attached hydrogens (primary N) is 2. The second-order valence-corrected chi connectivity index (χ2v) is 8.23. The lowest BCUT2D eigenvalue weighted by Gasteiger charge is -2.09. The van der Waals surface area contributed by atoms with E-state index in [0.29, 0.717) is 23.5 Å². The second-order valence-electron chi connectivity index (χ2n) is 8.23. The van der Waals surface area contributed by atoms with Gasteiger partial charge in [-0.25, -0.2) is 14.6 Å². The van der Waals surface area contributed by atoms with E-state index in [1.54, 1.807) is 18.2 Å². The number of aromatic carboxylic acids is 2. The highest BCUT2D eigenvalue weighted by atomic mass is 16.4. The molecule has 0 aliphatic rings. The molecule has 0 radical (unpaired) electrons. The number of nitrogen functional groups attached to an aromatic ring is 2. The summed E-state index contributed by atoms with van der Waals surface area (Å²) in [5.41, 5.74) is 14.7. The minimum atomic E-state index is -1.24. The number of nitrogens with one attached hydrogen (secondary N) is 2. The predicted octanol–water partition coefficient (Wildman–Crippen LogP) is 2.58. The molecule has 12 heteroatoms. The van der Waals surface area contributed by atoms with Crippen LogP contribution in [0.3, 0.4) is 0 Å². The molecule has 0 saturated carbocycles. The van der Waals surface area contributed by atoms with Crippen LogP contribution in [0.1, 0.15) is 52.8 Å². The highest BCUT2D eigenvalue weighted by molar-refractivity contribution is 5.98. The van der Waals surface area contributed by atoms with E-state index in [1.807, 2.05) is 36.4 Å². The zero-order chi connectivity index (χ0) is 29.1. The average Bonchev–Trinajstić information content (AvgIpc) is 2.96. The number of hydrogen-bond donors (Lipinski definition) is 6. The molecule has 0 saturated heterocycles. The van der Waals surface area contributed by atoms with Gasteiger partial charge in [-0.15, -0.1) is 0 Å². The van der Waals surface area contributed by atoms with Crippen LogP contribution in [-0.4, -0.2) is 43.9 Å². The molecule has 2 aromatic carbocycles. The van der Waals surface area contributed by atoms with Crippen molar-refractivity contribution in [3.63, 3.8) is 0 Å². The topological polar surface area (TPSA) is 211 Å². The van der Waals surface area contributed by atoms with Crippen LogP contribution in [0.5, 0.6) is 0 Å². The van der Waals surface area contributed by atoms with Crippen LogP contribution in [0.4, 0.5) is 11.4 Å². The van der Waals surface area contributed by atoms with Crippen molar-refractivity contribution in [3.05, 3.63) is 119 Å². The maximum Gasteiger partial charge on any atom is 0.354 e. The Morgan fingerprint density at radius 1 is 0.625 bits per heavy atom. The normalized spacial score (nSPS) is 10.0. The summed E-state index contributed by atoms with van der Waals surface area (Å²) in [5, 5.41) is 22.5. The van der Waals surface area contributed by atoms with E-state index in [4.69, 9.17) is 21.7 Å². The van der Waals surface area contributed by atoms with E-state index in [0.717, 1.165) is 23.4 Å². The first-order valence-electron chi connectivity index (χ1n) is 11.8. The molecule has 12 nitrogen and oxygen atoms in total. The first-order valence-corrected chi connectivity index (χ1v) is 11.8. The molecule has 40 heavy (non-hydrogen) atoms. The highest BCUT2D eigenvalue weighted by Gasteiger charge is 2.13. The molecule has 0 bridgehead atoms. The molecular weight excluding hydrogens is 516 g/mol. The number of carbonyl (C=O) groups is 4. The molecule has 0 aliphatic heterocycles. The third kappa shape index (κ3) is 8.11. The Labute approximate surface area is 228 Å². The SMILES string of the molecule is Nc1ccccc1CNC(=O)c1ccnc(C(=O)NCc2ccccc2N)c1.O=C(O)c1ccnc(C(=O)O)c1. The Hall–Kier alpha value is -5.78. The van der Waals surface area contributed by atoms with Crippen LogP contribution in [0, 0.1) is 0 Å². The van der Waals surface area contributed by atoms with E-state index in [1.165, 1.54) is 18.3 Å². The number of carbonyl (C=O) groups excluding carboxylic acids is 2. The van der Waals surface area contributed by atoms with Crippen molar-refractivity contribution < 1.29 is 29.4 Å². The van der Waals surface area contributed by atoms with Gasteiger partial charge < -0.3 is 32.3 Å². The van der Waals surface area contributed by atoms with Crippen LogP contribution < -0.4 is 22.1 Å². The maximum atomic E-state index is 12.4. The molecule has 2 heterocycles. The Kier molecular flexibility index (Phi) is 9.84. The van der Waals surface area contributed by atoms with Gasteiger partial charge in [-0.2, -0.15) is 0 Å². The van der Waals surface area contributed by atoms with Crippen molar-refractivity contribution in [2.75, 3.05) is 11.5 Å². The van der Waals surface area contributed by atoms with Crippen molar-refractivity contribution in [2.45, 2.75) is 13.1 Å². The van der Waals surface area contributed by atoms with E-state index in [9.17, 15) is 19.2 Å². The van der Waals surface area contributed by atoms with Gasteiger partial charge in [0, 0.05) is 42.4 Å². The summed E-state index contributed by atoms with van der Waals surface area (Å²) in [4.78, 5) is 52.9. The number of nitrogens with zero attached hydrogens (tertiary/aromatic N) is 2. The van der Waals surface area contributed by atoms with Crippen LogP contribution in [0.25, 0.3) is 0 Å². The largest absolute Gasteiger partial charge is 0.478 e. The number of para-hydroxylation sites is 2. The number of benzene rings is 2. The van der Waals surface area contributed by atoms with Crippen LogP contribution in [0.15, 0.2) is 85.2 Å². The lowest BCUT2D eigenvalue weighted by Crippen LogP contribution is -2.26. The third-order valence-corrected chi connectivity index (χ3v) is 5.47. The summed E-state index contributed by atoms with van der Waals surface area (Å²) in [5.74, 6) is -3.10. The molecule has 0 atom stereocenters. The number of carboxylic acid groups (broad SMARTS) is 2. The van der Waals surface area contributed by atoms with Gasteiger partial charge in [0.2, 0.25) is 0 Å². The first kappa shape index (κ1) is 28.8. The highest BCUT2D eigenvalue weighted by Crippen LogP contribution is 2.12. The van der Waals surface area contributed by atoms with Gasteiger partial charge in [-0.3, -0.25) is 14.6 Å². The first-order chi connectivity index (χ1) is 19.2. The fraction of sp³-hybridized carbons (Fsp3) is 0.0714. The molecule has 4 rings (SSSR count). The Bertz CT molecular complexity index is 1440. The Morgan fingerprint density at radius 3 is 1.62 bits per heavy atom. The minimum absolute atomic E-state index is 0.0811. The van der Waals surface area contributed by atoms with Crippen molar-refractivity contribution in [2.24, 2.45) is 0 Å². The van der Waals surface area contributed by atoms with Gasteiger partial charge in [0.1, 0.15) is 11.4 Å². The summed E-state index contributed by atoms with van der Waals surface area (Å²) >= 11 is 0. The number of pyridine rings is 2. The molecule has 8 N–H and O–H groups in total. The van der Waals surface area contributed by atoms with Crippen LogP contribution in [0.2, 0.25) is 0 Å². The number of hydrogen-bond acceptors (Lipinski definition) is 8. The quantitative estimate of drug-likeness (QED) is 0.179. The molecule has 2 amide bonds. The summed E-state index contributed by atoms with van der Waals surface area (Å²) in [6, 6.07) is 19.8. The lowest BCUT2D eigenvalue weighted by atomic mass is 10.1. The molecule has 2 aromatic heterocycles. The van der Waals surface area contributed by atoms with Crippen LogP contribution >= 0.6 is 0 Å². The molecular formula is C28H26N6O6. The van der Waals surface area contributed by atoms with Gasteiger partial charge in [0.25, 0.3) is 11.8 Å². The monoisotopic (exact) mass is 542 g/mol. The van der Waals surface area contributed by atoms with Crippen molar-refractivity contribution >= 4 is 35.1 Å². The van der Waals surface area contributed by atoms with Gasteiger partial charge in [-0.05, 0) is 47.5 Å². The lowest BCUT2D eigenvalue weighted by molar-refractivity contribution is 0.0689. The van der Waals surface area contributed by atoms with Crippen LogP contribution in [-0.2, 0) is 13.1 Å². The molecule has 204 valence electrons. The number of rotatable bonds is 8. The van der Waals surface area contributed by atoms with Crippen molar-refractivity contribution in [1.82, 2.24) is 20.6 Å². The average molecular weight is 543 g/mol. The van der Waals surface area contributed by atoms with E-state index < -0.39 is 11.9 Å². The summed E-state index contributed by atoms with van der Waals surface area (Å²) in [6.07, 6.45) is 2.57. The minimum Gasteiger partial charge on any atom is -0.478 e. The molecule has 0 spiro atoms. The Morgan fingerprint density at radius 2 is 1.10 bits per heavy atom. The van der Waals surface area contributed by atoms with E-state index >= 15 is 0 Å². The number of carboxylic acids is 2. The van der Waals surface area contributed by atoms with Crippen molar-refractivity contribution in [3.8, 4) is 0 Å². The zero-order valence-electron chi connectivity index (χ0n) is 21.1. The van der Waals surface area contributed by atoms with E-state index in [-0.39, 0.29) is 35.3 Å². The van der Waals surface area contributed by atoms with Gasteiger partial charge in [-0.1, -0.05) is 36.4 Å². The molecule has 0 unspecified atom stereocenters. The fourth-order valence-corrected chi connectivity index (χ4v) is 3.31. The maximum absolute atomic E-state index is 12.4. The molecule has 0 fully saturated rings. The molecule has 4 aromatic rings. The summed E-state index contributed by atoms with van der Waals surface area (Å²) in [6.45, 7) is 0.569. The standard InChI is InChI=1S/C21H21N5O2.C7H5NO4/c22-17-7-3-1-5-15(17)12-25-20(27)14-9-10-24-19(11-14)21(28)26-13-16-6-2-4-8-18(16)23;9-6(10)4-1-2-8-5(3-4)7(11)12/h1-11H,12-13,22-23H2,(H,25,27)(H,26,28);1-3H,(H,9,10)(H,11,12). The number of amides is 2. The van der Waals surface area contributed by atoms with E-state index in [2.05, 4.69) is 20.6 Å². The molecule has 0 aliphatic carbocycles. The fourth-order valence-electron chi connectivity index (χ4n) is 3.31. The summed E-state index contributed by atoms with van der Waals surface area (Å²) in [7, 11) is 0. The predicted molar refractivity (Wildman–Crippen MR) is 146 cm³/mol. The summed E-state index contributed by atoms with van der Waals surface area (Å²) < 4.78 is 0. The third-order valence-electron chi connectivity index (χ3n) is 5.47. The number of anilines is 2. The second kappa shape index (κ2) is 13.7. The van der Waals surface area contributed by atoms with Gasteiger partial charge in [0.15, 0.2) is 0 Å². The van der Waals surface area contributed by atoms with Gasteiger partial charge in [0.05, 0.1) is 5.56 Å².